The fraction of sp³-hybridized carbons (Fsp3) is 0.400. The van der Waals surface area contributed by atoms with Gasteiger partial charge in [-0.3, -0.25) is 0 Å². The summed E-state index contributed by atoms with van der Waals surface area (Å²) in [5.41, 5.74) is 9.09. The van der Waals surface area contributed by atoms with E-state index in [2.05, 4.69) is 11.9 Å². The summed E-state index contributed by atoms with van der Waals surface area (Å²) < 4.78 is 5.17. The van der Waals surface area contributed by atoms with E-state index in [9.17, 15) is 0 Å². The minimum Gasteiger partial charge on any atom is -0.497 e. The summed E-state index contributed by atoms with van der Waals surface area (Å²) >= 11 is 0. The van der Waals surface area contributed by atoms with Crippen LogP contribution in [0.5, 0.6) is 5.75 Å². The van der Waals surface area contributed by atoms with Gasteiger partial charge in [0.1, 0.15) is 11.6 Å². The number of rotatable bonds is 3. The molecule has 1 aromatic carbocycles. The number of benzene rings is 1. The molecule has 1 aliphatic rings. The van der Waals surface area contributed by atoms with Crippen LogP contribution in [0.1, 0.15) is 30.3 Å². The maximum Gasteiger partial charge on any atom is 0.118 e. The largest absolute Gasteiger partial charge is 0.497 e. The number of methoxy groups -OCH3 is 1. The third kappa shape index (κ3) is 2.24. The van der Waals surface area contributed by atoms with Crippen molar-refractivity contribution in [1.29, 1.82) is 0 Å². The van der Waals surface area contributed by atoms with E-state index in [4.69, 9.17) is 15.5 Å². The standard InChI is InChI=1S/C15H19N3O/c1-9-14(10-3-5-13(19-2)6-4-10)18-15(17-9)11-7-12(16)8-11/h3-6,11-12H,7-8,16H2,1-2H3,(H,17,18). The average Bonchev–Trinajstić information content (AvgIpc) is 2.77. The SMILES string of the molecule is COc1ccc(-c2nc(C3CC(N)C3)[nH]c2C)cc1. The lowest BCUT2D eigenvalue weighted by atomic mass is 9.80. The molecule has 100 valence electrons. The Morgan fingerprint density at radius 3 is 2.53 bits per heavy atom. The molecule has 3 N–H and O–H groups in total. The second kappa shape index (κ2) is 4.70. The molecule has 4 heteroatoms. The Labute approximate surface area is 113 Å². The molecule has 0 radical (unpaired) electrons. The Balaban J connectivity index is 1.87. The van der Waals surface area contributed by atoms with Gasteiger partial charge in [-0.05, 0) is 44.0 Å². The quantitative estimate of drug-likeness (QED) is 0.888. The third-order valence-corrected chi connectivity index (χ3v) is 3.83. The Morgan fingerprint density at radius 2 is 1.95 bits per heavy atom. The second-order valence-electron chi connectivity index (χ2n) is 5.25. The van der Waals surface area contributed by atoms with Crippen LogP contribution in [-0.2, 0) is 0 Å². The zero-order chi connectivity index (χ0) is 13.4. The molecule has 0 amide bonds. The van der Waals surface area contributed by atoms with E-state index in [1.165, 1.54) is 0 Å². The Hall–Kier alpha value is -1.81. The van der Waals surface area contributed by atoms with Gasteiger partial charge in [0.2, 0.25) is 0 Å². The molecule has 0 bridgehead atoms. The topological polar surface area (TPSA) is 63.9 Å². The van der Waals surface area contributed by atoms with Gasteiger partial charge in [0, 0.05) is 23.2 Å². The van der Waals surface area contributed by atoms with Crippen LogP contribution in [0.4, 0.5) is 0 Å². The lowest BCUT2D eigenvalue weighted by Crippen LogP contribution is -2.35. The van der Waals surface area contributed by atoms with E-state index in [1.807, 2.05) is 24.3 Å². The van der Waals surface area contributed by atoms with Crippen molar-refractivity contribution in [2.24, 2.45) is 5.73 Å². The van der Waals surface area contributed by atoms with Crippen LogP contribution in [-0.4, -0.2) is 23.1 Å². The molecule has 0 saturated heterocycles. The van der Waals surface area contributed by atoms with Crippen LogP contribution in [0.15, 0.2) is 24.3 Å². The average molecular weight is 257 g/mol. The maximum atomic E-state index is 5.84. The van der Waals surface area contributed by atoms with Gasteiger partial charge in [-0.1, -0.05) is 0 Å². The number of aromatic nitrogens is 2. The Morgan fingerprint density at radius 1 is 1.26 bits per heavy atom. The molecule has 0 unspecified atom stereocenters. The molecule has 3 rings (SSSR count). The number of imidazole rings is 1. The van der Waals surface area contributed by atoms with E-state index >= 15 is 0 Å². The van der Waals surface area contributed by atoms with Crippen molar-refractivity contribution in [3.05, 3.63) is 35.8 Å². The number of aromatic amines is 1. The molecule has 1 aliphatic carbocycles. The number of nitrogens with one attached hydrogen (secondary N) is 1. The van der Waals surface area contributed by atoms with Gasteiger partial charge in [0.05, 0.1) is 12.8 Å². The Bertz CT molecular complexity index is 568. The number of H-pyrrole nitrogens is 1. The van der Waals surface area contributed by atoms with E-state index in [0.717, 1.165) is 41.4 Å². The van der Waals surface area contributed by atoms with E-state index in [1.54, 1.807) is 7.11 Å². The molecule has 2 aromatic rings. The van der Waals surface area contributed by atoms with Crippen molar-refractivity contribution in [1.82, 2.24) is 9.97 Å². The maximum absolute atomic E-state index is 5.84. The summed E-state index contributed by atoms with van der Waals surface area (Å²) in [6.07, 6.45) is 2.07. The molecule has 19 heavy (non-hydrogen) atoms. The van der Waals surface area contributed by atoms with Crippen LogP contribution in [0.3, 0.4) is 0 Å². The summed E-state index contributed by atoms with van der Waals surface area (Å²) in [5, 5.41) is 0. The Kier molecular flexibility index (Phi) is 3.03. The molecule has 1 saturated carbocycles. The lowest BCUT2D eigenvalue weighted by Gasteiger charge is -2.30. The highest BCUT2D eigenvalue weighted by atomic mass is 16.5. The minimum atomic E-state index is 0.347. The van der Waals surface area contributed by atoms with Crippen molar-refractivity contribution >= 4 is 0 Å². The first kappa shape index (κ1) is 12.2. The van der Waals surface area contributed by atoms with Crippen molar-refractivity contribution in [3.63, 3.8) is 0 Å². The van der Waals surface area contributed by atoms with Crippen LogP contribution >= 0.6 is 0 Å². The number of aryl methyl sites for hydroxylation is 1. The third-order valence-electron chi connectivity index (χ3n) is 3.83. The predicted molar refractivity (Wildman–Crippen MR) is 75.3 cm³/mol. The van der Waals surface area contributed by atoms with Crippen molar-refractivity contribution in [3.8, 4) is 17.0 Å². The summed E-state index contributed by atoms with van der Waals surface area (Å²) in [6.45, 7) is 2.06. The predicted octanol–water partition coefficient (Wildman–Crippen LogP) is 2.60. The molecule has 1 fully saturated rings. The second-order valence-corrected chi connectivity index (χ2v) is 5.25. The van der Waals surface area contributed by atoms with Crippen LogP contribution in [0.25, 0.3) is 11.3 Å². The van der Waals surface area contributed by atoms with Crippen molar-refractivity contribution in [2.75, 3.05) is 7.11 Å². The van der Waals surface area contributed by atoms with Gasteiger partial charge < -0.3 is 15.5 Å². The molecule has 0 spiro atoms. The first-order chi connectivity index (χ1) is 9.17. The molecule has 1 aromatic heterocycles. The summed E-state index contributed by atoms with van der Waals surface area (Å²) in [4.78, 5) is 8.14. The zero-order valence-corrected chi connectivity index (χ0v) is 11.3. The van der Waals surface area contributed by atoms with Gasteiger partial charge in [0.25, 0.3) is 0 Å². The van der Waals surface area contributed by atoms with Gasteiger partial charge >= 0.3 is 0 Å². The number of hydrogen-bond donors (Lipinski definition) is 2. The van der Waals surface area contributed by atoms with Gasteiger partial charge in [-0.15, -0.1) is 0 Å². The molecule has 4 nitrogen and oxygen atoms in total. The smallest absolute Gasteiger partial charge is 0.118 e. The summed E-state index contributed by atoms with van der Waals surface area (Å²) in [6, 6.07) is 8.35. The molecule has 0 atom stereocenters. The molecular weight excluding hydrogens is 238 g/mol. The number of ether oxygens (including phenoxy) is 1. The van der Waals surface area contributed by atoms with Gasteiger partial charge in [0.15, 0.2) is 0 Å². The van der Waals surface area contributed by atoms with Crippen molar-refractivity contribution < 1.29 is 4.74 Å². The number of hydrogen-bond acceptors (Lipinski definition) is 3. The lowest BCUT2D eigenvalue weighted by molar-refractivity contribution is 0.340. The van der Waals surface area contributed by atoms with Crippen LogP contribution < -0.4 is 10.5 Å². The normalized spacial score (nSPS) is 22.1. The summed E-state index contributed by atoms with van der Waals surface area (Å²) in [7, 11) is 1.67. The highest BCUT2D eigenvalue weighted by Gasteiger charge is 2.30. The summed E-state index contributed by atoms with van der Waals surface area (Å²) in [5.74, 6) is 2.44. The fourth-order valence-corrected chi connectivity index (χ4v) is 2.59. The highest BCUT2D eigenvalue weighted by Crippen LogP contribution is 2.35. The monoisotopic (exact) mass is 257 g/mol. The first-order valence-electron chi connectivity index (χ1n) is 6.64. The van der Waals surface area contributed by atoms with Crippen LogP contribution in [0.2, 0.25) is 0 Å². The first-order valence-corrected chi connectivity index (χ1v) is 6.64. The van der Waals surface area contributed by atoms with E-state index < -0.39 is 0 Å². The minimum absolute atomic E-state index is 0.347. The molecular formula is C15H19N3O. The van der Waals surface area contributed by atoms with E-state index in [0.29, 0.717) is 12.0 Å². The van der Waals surface area contributed by atoms with Gasteiger partial charge in [-0.2, -0.15) is 0 Å². The van der Waals surface area contributed by atoms with Crippen molar-refractivity contribution in [2.45, 2.75) is 31.7 Å². The number of nitrogens with zero attached hydrogens (tertiary/aromatic N) is 1. The fourth-order valence-electron chi connectivity index (χ4n) is 2.59. The zero-order valence-electron chi connectivity index (χ0n) is 11.3. The van der Waals surface area contributed by atoms with E-state index in [-0.39, 0.29) is 0 Å². The molecule has 1 heterocycles. The number of nitrogens with two attached hydrogens (primary N) is 1. The highest BCUT2D eigenvalue weighted by molar-refractivity contribution is 5.62. The van der Waals surface area contributed by atoms with Crippen LogP contribution in [0, 0.1) is 6.92 Å². The molecule has 0 aliphatic heterocycles. The van der Waals surface area contributed by atoms with Gasteiger partial charge in [-0.25, -0.2) is 4.98 Å².